The van der Waals surface area contributed by atoms with Gasteiger partial charge in [0, 0.05) is 25.1 Å². The van der Waals surface area contributed by atoms with Gasteiger partial charge in [-0.15, -0.1) is 0 Å². The molecule has 27 heavy (non-hydrogen) atoms. The van der Waals surface area contributed by atoms with Crippen LogP contribution in [-0.4, -0.2) is 73.8 Å². The molecule has 2 aliphatic rings. The number of carbonyl (C=O) groups excluding carboxylic acids is 1. The Morgan fingerprint density at radius 2 is 1.96 bits per heavy atom. The molecule has 8 nitrogen and oxygen atoms in total. The average molecular weight is 373 g/mol. The predicted octanol–water partition coefficient (Wildman–Crippen LogP) is 0.899. The van der Waals surface area contributed by atoms with Gasteiger partial charge in [-0.3, -0.25) is 9.89 Å². The van der Waals surface area contributed by atoms with Crippen LogP contribution < -0.4 is 0 Å². The number of nitrogens with zero attached hydrogens (tertiary/aromatic N) is 2. The molecule has 0 unspecified atom stereocenters. The summed E-state index contributed by atoms with van der Waals surface area (Å²) < 4.78 is 5.80. The first-order valence-electron chi connectivity index (χ1n) is 9.11. The summed E-state index contributed by atoms with van der Waals surface area (Å²) in [5, 5.41) is 36.4. The largest absolute Gasteiger partial charge is 0.507 e. The van der Waals surface area contributed by atoms with Gasteiger partial charge >= 0.3 is 0 Å². The van der Waals surface area contributed by atoms with E-state index in [1.807, 2.05) is 0 Å². The van der Waals surface area contributed by atoms with E-state index in [1.54, 1.807) is 35.2 Å². The van der Waals surface area contributed by atoms with E-state index in [1.165, 1.54) is 0 Å². The number of carbonyl (C=O) groups is 1. The van der Waals surface area contributed by atoms with Crippen LogP contribution in [0.4, 0.5) is 0 Å². The second-order valence-electron chi connectivity index (χ2n) is 7.31. The van der Waals surface area contributed by atoms with Gasteiger partial charge in [-0.1, -0.05) is 12.1 Å². The fraction of sp³-hybridized carbons (Fsp3) is 0.474. The van der Waals surface area contributed by atoms with Crippen molar-refractivity contribution in [2.45, 2.75) is 37.1 Å². The maximum atomic E-state index is 12.8. The molecule has 0 radical (unpaired) electrons. The van der Waals surface area contributed by atoms with Gasteiger partial charge in [0.25, 0.3) is 5.91 Å². The molecule has 1 aromatic heterocycles. The number of H-pyrrole nitrogens is 1. The molecule has 2 saturated heterocycles. The number of phenolic OH excluding ortho intramolecular Hbond substituents is 1. The number of amides is 1. The van der Waals surface area contributed by atoms with Crippen molar-refractivity contribution in [2.24, 2.45) is 0 Å². The van der Waals surface area contributed by atoms with Gasteiger partial charge in [0.15, 0.2) is 0 Å². The topological polar surface area (TPSA) is 119 Å². The summed E-state index contributed by atoms with van der Waals surface area (Å²) >= 11 is 0. The lowest BCUT2D eigenvalue weighted by Gasteiger charge is -2.46. The van der Waals surface area contributed by atoms with Crippen LogP contribution in [0.15, 0.2) is 30.3 Å². The Kier molecular flexibility index (Phi) is 4.63. The number of benzene rings is 1. The van der Waals surface area contributed by atoms with Gasteiger partial charge in [-0.2, -0.15) is 5.10 Å². The van der Waals surface area contributed by atoms with Gasteiger partial charge in [0.2, 0.25) is 0 Å². The molecule has 2 fully saturated rings. The zero-order valence-corrected chi connectivity index (χ0v) is 14.8. The van der Waals surface area contributed by atoms with Gasteiger partial charge in [0.1, 0.15) is 17.5 Å². The summed E-state index contributed by atoms with van der Waals surface area (Å²) in [6, 6.07) is 8.48. The van der Waals surface area contributed by atoms with Crippen molar-refractivity contribution >= 4 is 5.91 Å². The number of aromatic amines is 1. The average Bonchev–Trinajstić information content (AvgIpc) is 3.15. The van der Waals surface area contributed by atoms with E-state index in [4.69, 9.17) is 4.74 Å². The van der Waals surface area contributed by atoms with Crippen LogP contribution in [0.5, 0.6) is 5.75 Å². The second-order valence-corrected chi connectivity index (χ2v) is 7.31. The number of aliphatic hydroxyl groups excluding tert-OH is 2. The smallest absolute Gasteiger partial charge is 0.271 e. The molecule has 2 aromatic rings. The van der Waals surface area contributed by atoms with E-state index in [0.29, 0.717) is 49.3 Å². The lowest BCUT2D eigenvalue weighted by atomic mass is 9.82. The molecule has 4 rings (SSSR count). The zero-order valence-electron chi connectivity index (χ0n) is 14.8. The Morgan fingerprint density at radius 1 is 1.22 bits per heavy atom. The first kappa shape index (κ1) is 18.0. The van der Waals surface area contributed by atoms with Crippen molar-refractivity contribution in [3.8, 4) is 17.0 Å². The Labute approximate surface area is 156 Å². The van der Waals surface area contributed by atoms with E-state index in [9.17, 15) is 20.1 Å². The highest BCUT2D eigenvalue weighted by molar-refractivity contribution is 5.93. The van der Waals surface area contributed by atoms with Gasteiger partial charge in [0.05, 0.1) is 24.0 Å². The molecular weight excluding hydrogens is 350 g/mol. The number of piperidine rings is 1. The van der Waals surface area contributed by atoms with Crippen molar-refractivity contribution in [2.75, 3.05) is 19.7 Å². The van der Waals surface area contributed by atoms with E-state index in [-0.39, 0.29) is 18.3 Å². The van der Waals surface area contributed by atoms with Crippen molar-refractivity contribution in [1.82, 2.24) is 15.1 Å². The maximum Gasteiger partial charge on any atom is 0.271 e. The van der Waals surface area contributed by atoms with Gasteiger partial charge in [-0.25, -0.2) is 0 Å². The van der Waals surface area contributed by atoms with E-state index in [0.717, 1.165) is 0 Å². The molecule has 8 heteroatoms. The fourth-order valence-electron chi connectivity index (χ4n) is 3.84. The summed E-state index contributed by atoms with van der Waals surface area (Å²) in [5.74, 6) is -0.0477. The summed E-state index contributed by atoms with van der Waals surface area (Å²) in [5.41, 5.74) is 0.972. The molecule has 3 heterocycles. The molecule has 1 aromatic carbocycles. The van der Waals surface area contributed by atoms with Crippen molar-refractivity contribution < 1.29 is 24.9 Å². The van der Waals surface area contributed by atoms with E-state index >= 15 is 0 Å². The number of phenols is 1. The normalized spacial score (nSPS) is 24.9. The van der Waals surface area contributed by atoms with Gasteiger partial charge in [-0.05, 0) is 31.0 Å². The lowest BCUT2D eigenvalue weighted by Crippen LogP contribution is -2.55. The highest BCUT2D eigenvalue weighted by atomic mass is 16.5. The second kappa shape index (κ2) is 6.95. The van der Waals surface area contributed by atoms with Crippen LogP contribution in [0.3, 0.4) is 0 Å². The third kappa shape index (κ3) is 3.43. The van der Waals surface area contributed by atoms with Crippen LogP contribution in [0.1, 0.15) is 29.8 Å². The van der Waals surface area contributed by atoms with Crippen LogP contribution in [0.25, 0.3) is 11.3 Å². The maximum absolute atomic E-state index is 12.8. The number of rotatable bonds is 2. The molecule has 1 spiro atoms. The van der Waals surface area contributed by atoms with Crippen LogP contribution in [0.2, 0.25) is 0 Å². The lowest BCUT2D eigenvalue weighted by molar-refractivity contribution is -0.185. The third-order valence-corrected chi connectivity index (χ3v) is 5.54. The Hall–Kier alpha value is -2.42. The zero-order chi connectivity index (χ0) is 19.0. The molecule has 2 atom stereocenters. The number of hydrogen-bond acceptors (Lipinski definition) is 6. The molecule has 1 amide bonds. The number of para-hydroxylation sites is 1. The molecule has 144 valence electrons. The number of likely N-dealkylation sites (tertiary alicyclic amines) is 1. The molecular formula is C19H23N3O5. The molecule has 0 saturated carbocycles. The minimum Gasteiger partial charge on any atom is -0.507 e. The molecule has 2 aliphatic heterocycles. The first-order valence-corrected chi connectivity index (χ1v) is 9.11. The summed E-state index contributed by atoms with van der Waals surface area (Å²) in [6.07, 6.45) is -0.00764. The number of nitrogens with one attached hydrogen (secondary N) is 1. The highest BCUT2D eigenvalue weighted by Crippen LogP contribution is 2.35. The standard InChI is InChI=1S/C19H23N3O5/c23-15-4-2-1-3-12(15)13-9-14(21-20-13)18(26)22-7-5-19(6-8-22)10-16(24)17(25)11-27-19/h1-4,9,16-17,23-25H,5-8,10-11H2,(H,20,21)/t16-,17+/m1/s1. The molecule has 4 N–H and O–H groups in total. The highest BCUT2D eigenvalue weighted by Gasteiger charge is 2.43. The minimum atomic E-state index is -0.840. The molecule has 0 bridgehead atoms. The number of hydrogen-bond donors (Lipinski definition) is 4. The third-order valence-electron chi connectivity index (χ3n) is 5.54. The van der Waals surface area contributed by atoms with Gasteiger partial charge < -0.3 is 25.0 Å². The monoisotopic (exact) mass is 373 g/mol. The number of aromatic hydroxyl groups is 1. The van der Waals surface area contributed by atoms with Crippen LogP contribution in [0, 0.1) is 0 Å². The van der Waals surface area contributed by atoms with Crippen LogP contribution >= 0.6 is 0 Å². The molecule has 0 aliphatic carbocycles. The Morgan fingerprint density at radius 3 is 2.67 bits per heavy atom. The SMILES string of the molecule is O=C(c1cc(-c2ccccc2O)n[nH]1)N1CCC2(CC1)C[C@@H](O)[C@@H](O)CO2. The number of aromatic nitrogens is 2. The fourth-order valence-corrected chi connectivity index (χ4v) is 3.84. The van der Waals surface area contributed by atoms with E-state index in [2.05, 4.69) is 10.2 Å². The summed E-state index contributed by atoms with van der Waals surface area (Å²) in [4.78, 5) is 14.5. The summed E-state index contributed by atoms with van der Waals surface area (Å²) in [6.45, 7) is 1.14. The van der Waals surface area contributed by atoms with Crippen molar-refractivity contribution in [3.63, 3.8) is 0 Å². The summed E-state index contributed by atoms with van der Waals surface area (Å²) in [7, 11) is 0. The van der Waals surface area contributed by atoms with Crippen molar-refractivity contribution in [3.05, 3.63) is 36.0 Å². The number of ether oxygens (including phenoxy) is 1. The Balaban J connectivity index is 1.42. The predicted molar refractivity (Wildman–Crippen MR) is 96.1 cm³/mol. The van der Waals surface area contributed by atoms with E-state index < -0.39 is 17.8 Å². The quantitative estimate of drug-likeness (QED) is 0.621. The minimum absolute atomic E-state index is 0.109. The first-order chi connectivity index (χ1) is 13.0. The van der Waals surface area contributed by atoms with Crippen LogP contribution in [-0.2, 0) is 4.74 Å². The number of aliphatic hydroxyl groups is 2. The van der Waals surface area contributed by atoms with Crippen molar-refractivity contribution in [1.29, 1.82) is 0 Å². The Bertz CT molecular complexity index is 828.